The van der Waals surface area contributed by atoms with Gasteiger partial charge in [-0.2, -0.15) is 0 Å². The summed E-state index contributed by atoms with van der Waals surface area (Å²) in [6.07, 6.45) is 2.36. The molecule has 2 aromatic carbocycles. The highest BCUT2D eigenvalue weighted by molar-refractivity contribution is 14.1. The SMILES string of the molecule is O=C(c1ccccc1)c1ccc(N=NN2CCCC2)c(I)c1. The average Bonchev–Trinajstić information content (AvgIpc) is 3.07. The van der Waals surface area contributed by atoms with Gasteiger partial charge >= 0.3 is 0 Å². The van der Waals surface area contributed by atoms with Gasteiger partial charge in [-0.15, -0.1) is 5.11 Å². The van der Waals surface area contributed by atoms with Crippen LogP contribution in [0.2, 0.25) is 0 Å². The van der Waals surface area contributed by atoms with Crippen molar-refractivity contribution >= 4 is 34.1 Å². The summed E-state index contributed by atoms with van der Waals surface area (Å²) in [6.45, 7) is 1.95. The number of rotatable bonds is 4. The van der Waals surface area contributed by atoms with Crippen LogP contribution in [0.15, 0.2) is 58.9 Å². The van der Waals surface area contributed by atoms with Crippen molar-refractivity contribution < 1.29 is 4.79 Å². The Morgan fingerprint density at radius 3 is 2.41 bits per heavy atom. The number of ketones is 1. The van der Waals surface area contributed by atoms with Crippen LogP contribution < -0.4 is 0 Å². The number of hydrogen-bond acceptors (Lipinski definition) is 3. The number of carbonyl (C=O) groups is 1. The van der Waals surface area contributed by atoms with E-state index in [2.05, 4.69) is 32.9 Å². The van der Waals surface area contributed by atoms with Crippen LogP contribution in [0.3, 0.4) is 0 Å². The van der Waals surface area contributed by atoms with Gasteiger partial charge in [-0.25, -0.2) is 0 Å². The third-order valence-corrected chi connectivity index (χ3v) is 4.47. The summed E-state index contributed by atoms with van der Waals surface area (Å²) in [4.78, 5) is 12.4. The summed E-state index contributed by atoms with van der Waals surface area (Å²) in [5.41, 5.74) is 2.18. The fourth-order valence-electron chi connectivity index (χ4n) is 2.39. The molecular formula is C17H16IN3O. The molecule has 1 aliphatic rings. The molecule has 0 amide bonds. The van der Waals surface area contributed by atoms with Crippen molar-refractivity contribution in [1.29, 1.82) is 0 Å². The molecule has 2 aromatic rings. The second-order valence-corrected chi connectivity index (χ2v) is 6.37. The molecule has 1 aliphatic heterocycles. The van der Waals surface area contributed by atoms with Gasteiger partial charge in [-0.3, -0.25) is 9.80 Å². The number of carbonyl (C=O) groups excluding carboxylic acids is 1. The highest BCUT2D eigenvalue weighted by atomic mass is 127. The van der Waals surface area contributed by atoms with E-state index in [1.54, 1.807) is 0 Å². The van der Waals surface area contributed by atoms with Crippen LogP contribution in [0.25, 0.3) is 0 Å². The van der Waals surface area contributed by atoms with E-state index in [1.165, 1.54) is 12.8 Å². The van der Waals surface area contributed by atoms with Gasteiger partial charge in [0.25, 0.3) is 0 Å². The Balaban J connectivity index is 1.78. The van der Waals surface area contributed by atoms with E-state index in [0.29, 0.717) is 11.1 Å². The third kappa shape index (κ3) is 3.52. The van der Waals surface area contributed by atoms with Crippen molar-refractivity contribution in [3.63, 3.8) is 0 Å². The van der Waals surface area contributed by atoms with E-state index in [-0.39, 0.29) is 5.78 Å². The van der Waals surface area contributed by atoms with Crippen LogP contribution in [0.5, 0.6) is 0 Å². The van der Waals surface area contributed by atoms with Gasteiger partial charge in [0.2, 0.25) is 0 Å². The van der Waals surface area contributed by atoms with Gasteiger partial charge in [-0.1, -0.05) is 35.6 Å². The lowest BCUT2D eigenvalue weighted by Crippen LogP contribution is -2.09. The van der Waals surface area contributed by atoms with Gasteiger partial charge in [0.05, 0.1) is 0 Å². The first-order valence-corrected chi connectivity index (χ1v) is 8.38. The summed E-state index contributed by atoms with van der Waals surface area (Å²) >= 11 is 2.20. The second kappa shape index (κ2) is 7.00. The highest BCUT2D eigenvalue weighted by Gasteiger charge is 2.12. The van der Waals surface area contributed by atoms with Crippen molar-refractivity contribution in [2.45, 2.75) is 12.8 Å². The van der Waals surface area contributed by atoms with E-state index in [9.17, 15) is 4.79 Å². The number of benzene rings is 2. The maximum atomic E-state index is 12.4. The summed E-state index contributed by atoms with van der Waals surface area (Å²) in [6, 6.07) is 14.9. The van der Waals surface area contributed by atoms with Gasteiger partial charge in [0.15, 0.2) is 5.78 Å². The maximum absolute atomic E-state index is 12.4. The van der Waals surface area contributed by atoms with Gasteiger partial charge in [0, 0.05) is 27.8 Å². The Bertz CT molecular complexity index is 694. The van der Waals surface area contributed by atoms with Crippen LogP contribution >= 0.6 is 22.6 Å². The van der Waals surface area contributed by atoms with Gasteiger partial charge in [-0.05, 0) is 53.6 Å². The molecule has 0 saturated carbocycles. The Labute approximate surface area is 143 Å². The van der Waals surface area contributed by atoms with Crippen LogP contribution in [0, 0.1) is 3.57 Å². The largest absolute Gasteiger partial charge is 0.289 e. The van der Waals surface area contributed by atoms with Gasteiger partial charge < -0.3 is 0 Å². The van der Waals surface area contributed by atoms with Crippen molar-refractivity contribution in [2.24, 2.45) is 10.3 Å². The molecule has 0 atom stereocenters. The molecule has 0 N–H and O–H groups in total. The Kier molecular flexibility index (Phi) is 4.82. The second-order valence-electron chi connectivity index (χ2n) is 5.21. The monoisotopic (exact) mass is 405 g/mol. The quantitative estimate of drug-likeness (QED) is 0.424. The Hall–Kier alpha value is -1.76. The first-order valence-electron chi connectivity index (χ1n) is 7.30. The zero-order valence-electron chi connectivity index (χ0n) is 12.1. The van der Waals surface area contributed by atoms with Crippen molar-refractivity contribution in [1.82, 2.24) is 5.01 Å². The molecule has 1 heterocycles. The molecule has 3 rings (SSSR count). The lowest BCUT2D eigenvalue weighted by atomic mass is 10.0. The Morgan fingerprint density at radius 2 is 1.73 bits per heavy atom. The average molecular weight is 405 g/mol. The predicted molar refractivity (Wildman–Crippen MR) is 94.4 cm³/mol. The van der Waals surface area contributed by atoms with E-state index in [0.717, 1.165) is 22.3 Å². The molecule has 0 unspecified atom stereocenters. The van der Waals surface area contributed by atoms with Crippen LogP contribution in [-0.2, 0) is 0 Å². The predicted octanol–water partition coefficient (Wildman–Crippen LogP) is 4.62. The molecular weight excluding hydrogens is 389 g/mol. The standard InChI is InChI=1S/C17H16IN3O/c18-15-12-14(17(22)13-6-2-1-3-7-13)8-9-16(15)19-20-21-10-4-5-11-21/h1-3,6-9,12H,4-5,10-11H2. The van der Waals surface area contributed by atoms with E-state index in [1.807, 2.05) is 53.5 Å². The highest BCUT2D eigenvalue weighted by Crippen LogP contribution is 2.25. The van der Waals surface area contributed by atoms with E-state index in [4.69, 9.17) is 0 Å². The molecule has 0 bridgehead atoms. The van der Waals surface area contributed by atoms with Crippen molar-refractivity contribution in [2.75, 3.05) is 13.1 Å². The van der Waals surface area contributed by atoms with Crippen LogP contribution in [-0.4, -0.2) is 23.9 Å². The molecule has 4 nitrogen and oxygen atoms in total. The molecule has 0 radical (unpaired) electrons. The number of halogens is 1. The smallest absolute Gasteiger partial charge is 0.193 e. The molecule has 1 fully saturated rings. The summed E-state index contributed by atoms with van der Waals surface area (Å²) in [7, 11) is 0. The molecule has 112 valence electrons. The minimum Gasteiger partial charge on any atom is -0.289 e. The molecule has 22 heavy (non-hydrogen) atoms. The molecule has 0 spiro atoms. The molecule has 1 saturated heterocycles. The molecule has 5 heteroatoms. The molecule has 0 aliphatic carbocycles. The maximum Gasteiger partial charge on any atom is 0.193 e. The Morgan fingerprint density at radius 1 is 1.00 bits per heavy atom. The summed E-state index contributed by atoms with van der Waals surface area (Å²) < 4.78 is 0.933. The number of hydrogen-bond donors (Lipinski definition) is 0. The van der Waals surface area contributed by atoms with Crippen molar-refractivity contribution in [3.8, 4) is 0 Å². The van der Waals surface area contributed by atoms with Crippen LogP contribution in [0.4, 0.5) is 5.69 Å². The summed E-state index contributed by atoms with van der Waals surface area (Å²) in [5.74, 6) is 0.0292. The zero-order valence-corrected chi connectivity index (χ0v) is 14.2. The lowest BCUT2D eigenvalue weighted by molar-refractivity contribution is 0.103. The van der Waals surface area contributed by atoms with Crippen LogP contribution in [0.1, 0.15) is 28.8 Å². The fourth-order valence-corrected chi connectivity index (χ4v) is 3.01. The first kappa shape index (κ1) is 15.1. The van der Waals surface area contributed by atoms with Gasteiger partial charge in [0.1, 0.15) is 5.69 Å². The minimum atomic E-state index is 0.0292. The number of nitrogens with zero attached hydrogens (tertiary/aromatic N) is 3. The van der Waals surface area contributed by atoms with E-state index >= 15 is 0 Å². The fraction of sp³-hybridized carbons (Fsp3) is 0.235. The molecule has 0 aromatic heterocycles. The lowest BCUT2D eigenvalue weighted by Gasteiger charge is -2.08. The first-order chi connectivity index (χ1) is 10.7. The topological polar surface area (TPSA) is 45.0 Å². The third-order valence-electron chi connectivity index (χ3n) is 3.61. The normalized spacial score (nSPS) is 14.7. The summed E-state index contributed by atoms with van der Waals surface area (Å²) in [5, 5.41) is 10.5. The minimum absolute atomic E-state index is 0.0292. The van der Waals surface area contributed by atoms with Crippen molar-refractivity contribution in [3.05, 3.63) is 63.2 Å². The van der Waals surface area contributed by atoms with E-state index < -0.39 is 0 Å². The zero-order chi connectivity index (χ0) is 15.4.